The molecule has 3 rings (SSSR count). The van der Waals surface area contributed by atoms with Crippen LogP contribution in [0, 0.1) is 5.92 Å². The first kappa shape index (κ1) is 35.5. The maximum Gasteiger partial charge on any atom is 0.307 e. The van der Waals surface area contributed by atoms with Crippen molar-refractivity contribution >= 4 is 52.4 Å². The Balaban J connectivity index is 1.88. The van der Waals surface area contributed by atoms with Crippen molar-refractivity contribution in [1.82, 2.24) is 26.2 Å². The fourth-order valence-electron chi connectivity index (χ4n) is 5.17. The first-order valence-electron chi connectivity index (χ1n) is 14.8. The van der Waals surface area contributed by atoms with Crippen LogP contribution in [0.1, 0.15) is 63.4 Å². The summed E-state index contributed by atoms with van der Waals surface area (Å²) in [5.74, 6) is -6.67. The number of nitrogens with one attached hydrogen (secondary N) is 4. The number of aliphatic hydroxyl groups is 1. The summed E-state index contributed by atoms with van der Waals surface area (Å²) in [6.07, 6.45) is -3.18. The van der Waals surface area contributed by atoms with Crippen LogP contribution in [0.2, 0.25) is 0 Å². The molecule has 1 unspecified atom stereocenters. The second kappa shape index (κ2) is 15.8. The summed E-state index contributed by atoms with van der Waals surface area (Å²) in [5, 5.41) is 38.9. The maximum absolute atomic E-state index is 13.9. The van der Waals surface area contributed by atoms with E-state index in [1.54, 1.807) is 38.1 Å². The number of benzene rings is 1. The van der Waals surface area contributed by atoms with Gasteiger partial charge in [0.2, 0.25) is 23.6 Å². The fourth-order valence-corrected chi connectivity index (χ4v) is 5.17. The largest absolute Gasteiger partial charge is 0.481 e. The van der Waals surface area contributed by atoms with Crippen molar-refractivity contribution in [2.45, 2.75) is 83.3 Å². The summed E-state index contributed by atoms with van der Waals surface area (Å²) in [6, 6.07) is 3.78. The van der Waals surface area contributed by atoms with Gasteiger partial charge >= 0.3 is 11.9 Å². The summed E-state index contributed by atoms with van der Waals surface area (Å²) in [4.78, 5) is 88.8. The van der Waals surface area contributed by atoms with Crippen LogP contribution < -0.4 is 21.3 Å². The third-order valence-corrected chi connectivity index (χ3v) is 7.66. The maximum atomic E-state index is 13.9. The summed E-state index contributed by atoms with van der Waals surface area (Å²) in [5.41, 5.74) is 0.465. The lowest BCUT2D eigenvalue weighted by atomic mass is 9.97. The number of para-hydroxylation sites is 1. The number of nitrogens with zero attached hydrogens (tertiary/aromatic N) is 1. The highest BCUT2D eigenvalue weighted by Crippen LogP contribution is 2.23. The number of carboxylic acids is 2. The van der Waals surface area contributed by atoms with Gasteiger partial charge in [0.1, 0.15) is 29.9 Å². The number of furan rings is 1. The summed E-state index contributed by atoms with van der Waals surface area (Å²) >= 11 is 0. The molecule has 1 fully saturated rings. The van der Waals surface area contributed by atoms with Crippen LogP contribution in [0.15, 0.2) is 34.7 Å². The number of hydrogen-bond acceptors (Lipinski definition) is 9. The molecule has 0 radical (unpaired) electrons. The normalized spacial score (nSPS) is 18.6. The van der Waals surface area contributed by atoms with Crippen LogP contribution in [0.25, 0.3) is 11.0 Å². The zero-order chi connectivity index (χ0) is 34.1. The monoisotopic (exact) mass is 645 g/mol. The Hall–Kier alpha value is -4.99. The lowest BCUT2D eigenvalue weighted by molar-refractivity contribution is -0.145. The number of fused-ring (bicyclic) bond motifs is 1. The number of carboxylic acid groups (broad SMARTS) is 2. The third-order valence-electron chi connectivity index (χ3n) is 7.66. The number of carbonyl (C=O) groups excluding carboxylic acids is 5. The standard InChI is InChI=1S/C30H39N5O11/c1-4-15(2)26(31-16(3)36)29(44)33-19(9-10-24(38)39)30(45)35-14-18(12-20(35)27(42)34-23(37)13-25(40)41)32-28(43)22-11-17-7-5-6-8-21(17)46-22/h5-8,11,15,18-20,23,26,37H,4,9-10,12-14H2,1-3H3,(H,31,36)(H,32,43)(H,33,44)(H,34,42)(H,38,39)(H,40,41)/t15-,18-,19-,20?,23+,26-/m0/s1. The van der Waals surface area contributed by atoms with Gasteiger partial charge in [-0.15, -0.1) is 0 Å². The zero-order valence-electron chi connectivity index (χ0n) is 25.6. The molecule has 2 heterocycles. The van der Waals surface area contributed by atoms with Gasteiger partial charge < -0.3 is 45.9 Å². The number of aliphatic carboxylic acids is 2. The summed E-state index contributed by atoms with van der Waals surface area (Å²) in [7, 11) is 0. The van der Waals surface area contributed by atoms with Crippen molar-refractivity contribution in [3.63, 3.8) is 0 Å². The second-order valence-electron chi connectivity index (χ2n) is 11.2. The molecule has 5 amide bonds. The smallest absolute Gasteiger partial charge is 0.307 e. The van der Waals surface area contributed by atoms with E-state index >= 15 is 0 Å². The molecule has 6 atom stereocenters. The minimum Gasteiger partial charge on any atom is -0.481 e. The zero-order valence-corrected chi connectivity index (χ0v) is 25.6. The summed E-state index contributed by atoms with van der Waals surface area (Å²) < 4.78 is 5.60. The van der Waals surface area contributed by atoms with Gasteiger partial charge in [0.15, 0.2) is 5.76 Å². The summed E-state index contributed by atoms with van der Waals surface area (Å²) in [6.45, 7) is 4.48. The van der Waals surface area contributed by atoms with E-state index in [2.05, 4.69) is 21.3 Å². The average Bonchev–Trinajstić information content (AvgIpc) is 3.61. The SMILES string of the molecule is CC[C@H](C)[C@H](NC(C)=O)C(=O)N[C@@H](CCC(=O)O)C(=O)N1C[C@@H](NC(=O)c2cc3ccccc3o2)CC1C(=O)N[C@H](O)CC(=O)O. The number of likely N-dealkylation sites (tertiary alicyclic amines) is 1. The highest BCUT2D eigenvalue weighted by Gasteiger charge is 2.43. The Kier molecular flexibility index (Phi) is 12.2. The van der Waals surface area contributed by atoms with Crippen molar-refractivity contribution in [2.24, 2.45) is 5.92 Å². The van der Waals surface area contributed by atoms with Crippen LogP contribution in [0.3, 0.4) is 0 Å². The Morgan fingerprint density at radius 3 is 2.33 bits per heavy atom. The predicted octanol–water partition coefficient (Wildman–Crippen LogP) is -0.0582. The predicted molar refractivity (Wildman–Crippen MR) is 160 cm³/mol. The molecule has 2 aromatic rings. The van der Waals surface area contributed by atoms with Gasteiger partial charge in [-0.2, -0.15) is 0 Å². The highest BCUT2D eigenvalue weighted by atomic mass is 16.4. The molecule has 0 bridgehead atoms. The van der Waals surface area contributed by atoms with Crippen molar-refractivity contribution < 1.29 is 53.3 Å². The van der Waals surface area contributed by atoms with Gasteiger partial charge in [0.25, 0.3) is 5.91 Å². The minimum absolute atomic E-state index is 0.0236. The van der Waals surface area contributed by atoms with Crippen molar-refractivity contribution in [2.75, 3.05) is 6.54 Å². The molecule has 1 aliphatic heterocycles. The average molecular weight is 646 g/mol. The molecule has 250 valence electrons. The molecular weight excluding hydrogens is 606 g/mol. The van der Waals surface area contributed by atoms with Crippen LogP contribution in [0.5, 0.6) is 0 Å². The fraction of sp³-hybridized carbons (Fsp3) is 0.500. The highest BCUT2D eigenvalue weighted by molar-refractivity contribution is 5.97. The van der Waals surface area contributed by atoms with Crippen molar-refractivity contribution in [3.05, 3.63) is 36.1 Å². The van der Waals surface area contributed by atoms with Gasteiger partial charge in [-0.3, -0.25) is 33.6 Å². The molecule has 1 aromatic heterocycles. The van der Waals surface area contributed by atoms with E-state index in [0.29, 0.717) is 17.4 Å². The van der Waals surface area contributed by atoms with Crippen molar-refractivity contribution in [3.8, 4) is 0 Å². The molecule has 1 saturated heterocycles. The molecule has 16 nitrogen and oxygen atoms in total. The van der Waals surface area contributed by atoms with Gasteiger partial charge in [-0.1, -0.05) is 38.5 Å². The van der Waals surface area contributed by atoms with E-state index in [1.165, 1.54) is 13.0 Å². The van der Waals surface area contributed by atoms with E-state index in [1.807, 2.05) is 0 Å². The number of amides is 5. The lowest BCUT2D eigenvalue weighted by Gasteiger charge is -2.30. The number of aliphatic hydroxyl groups excluding tert-OH is 1. The quantitative estimate of drug-likeness (QED) is 0.127. The Labute approximate surface area is 263 Å². The Morgan fingerprint density at radius 1 is 1.02 bits per heavy atom. The molecule has 46 heavy (non-hydrogen) atoms. The molecule has 0 saturated carbocycles. The van der Waals surface area contributed by atoms with E-state index in [-0.39, 0.29) is 31.1 Å². The van der Waals surface area contributed by atoms with E-state index < -0.39 is 84.7 Å². The molecule has 0 spiro atoms. The molecule has 0 aliphatic carbocycles. The molecule has 1 aliphatic rings. The minimum atomic E-state index is -1.79. The Bertz CT molecular complexity index is 1440. The van der Waals surface area contributed by atoms with Crippen LogP contribution >= 0.6 is 0 Å². The first-order valence-corrected chi connectivity index (χ1v) is 14.8. The number of rotatable bonds is 15. The Morgan fingerprint density at radius 2 is 1.72 bits per heavy atom. The third kappa shape index (κ3) is 9.50. The number of hydrogen-bond donors (Lipinski definition) is 7. The molecule has 7 N–H and O–H groups in total. The number of carbonyl (C=O) groups is 7. The van der Waals surface area contributed by atoms with Gasteiger partial charge in [-0.05, 0) is 30.9 Å². The van der Waals surface area contributed by atoms with Crippen LogP contribution in [-0.4, -0.2) is 98.6 Å². The molecule has 1 aromatic carbocycles. The van der Waals surface area contributed by atoms with Crippen LogP contribution in [-0.2, 0) is 28.8 Å². The van der Waals surface area contributed by atoms with Crippen molar-refractivity contribution in [1.29, 1.82) is 0 Å². The molecular formula is C30H39N5O11. The molecule has 16 heteroatoms. The van der Waals surface area contributed by atoms with Crippen LogP contribution in [0.4, 0.5) is 0 Å². The second-order valence-corrected chi connectivity index (χ2v) is 11.2. The van der Waals surface area contributed by atoms with Gasteiger partial charge in [0, 0.05) is 31.3 Å². The van der Waals surface area contributed by atoms with E-state index in [0.717, 1.165) is 4.90 Å². The lowest BCUT2D eigenvalue weighted by Crippen LogP contribution is -2.58. The van der Waals surface area contributed by atoms with Gasteiger partial charge in [0.05, 0.1) is 6.42 Å². The van der Waals surface area contributed by atoms with Gasteiger partial charge in [-0.25, -0.2) is 0 Å². The van der Waals surface area contributed by atoms with E-state index in [4.69, 9.17) is 9.52 Å². The topological polar surface area (TPSA) is 245 Å². The first-order chi connectivity index (χ1) is 21.7. The van der Waals surface area contributed by atoms with E-state index in [9.17, 15) is 43.8 Å².